The van der Waals surface area contributed by atoms with Crippen molar-refractivity contribution in [3.63, 3.8) is 0 Å². The molecule has 2 rings (SSSR count). The first-order valence-electron chi connectivity index (χ1n) is 7.04. The molecule has 1 aliphatic rings. The maximum Gasteiger partial charge on any atom is 0.224 e. The van der Waals surface area contributed by atoms with Crippen LogP contribution in [0.25, 0.3) is 0 Å². The molecule has 1 aromatic carbocycles. The number of carbonyl (C=O) groups excluding carboxylic acids is 1. The summed E-state index contributed by atoms with van der Waals surface area (Å²) in [5.41, 5.74) is 2.07. The number of nitrogens with one attached hydrogen (secondary N) is 1. The number of rotatable bonds is 6. The van der Waals surface area contributed by atoms with Gasteiger partial charge in [-0.3, -0.25) is 4.79 Å². The predicted octanol–water partition coefficient (Wildman–Crippen LogP) is 0.517. The largest absolute Gasteiger partial charge is 0.392 e. The van der Waals surface area contributed by atoms with Gasteiger partial charge in [-0.05, 0) is 11.1 Å². The predicted molar refractivity (Wildman–Crippen MR) is 76.1 cm³/mol. The standard InChI is InChI=1S/C15H22N2O3/c18-12-14-3-1-13(2-4-14)11-16-6-5-15(19)17-7-9-20-10-8-17/h1-4,16,18H,5-12H2. The summed E-state index contributed by atoms with van der Waals surface area (Å²) in [6, 6.07) is 7.80. The van der Waals surface area contributed by atoms with E-state index in [1.807, 2.05) is 29.2 Å². The lowest BCUT2D eigenvalue weighted by molar-refractivity contribution is -0.135. The van der Waals surface area contributed by atoms with Crippen molar-refractivity contribution in [1.82, 2.24) is 10.2 Å². The average molecular weight is 278 g/mol. The molecule has 0 aliphatic carbocycles. The number of aliphatic hydroxyl groups excluding tert-OH is 1. The lowest BCUT2D eigenvalue weighted by Gasteiger charge is -2.26. The molecule has 1 saturated heterocycles. The second-order valence-electron chi connectivity index (χ2n) is 4.89. The summed E-state index contributed by atoms with van der Waals surface area (Å²) in [5, 5.41) is 12.2. The fourth-order valence-corrected chi connectivity index (χ4v) is 2.16. The summed E-state index contributed by atoms with van der Waals surface area (Å²) in [6.45, 7) is 4.21. The summed E-state index contributed by atoms with van der Waals surface area (Å²) >= 11 is 0. The minimum atomic E-state index is 0.0712. The zero-order valence-electron chi connectivity index (χ0n) is 11.7. The first-order chi connectivity index (χ1) is 9.79. The Labute approximate surface area is 119 Å². The second kappa shape index (κ2) is 7.99. The maximum absolute atomic E-state index is 11.9. The number of ether oxygens (including phenoxy) is 1. The van der Waals surface area contributed by atoms with E-state index < -0.39 is 0 Å². The van der Waals surface area contributed by atoms with Gasteiger partial charge in [-0.25, -0.2) is 0 Å². The summed E-state index contributed by atoms with van der Waals surface area (Å²) in [5.74, 6) is 0.191. The molecule has 1 heterocycles. The van der Waals surface area contributed by atoms with E-state index in [-0.39, 0.29) is 12.5 Å². The normalized spacial score (nSPS) is 15.3. The minimum Gasteiger partial charge on any atom is -0.392 e. The van der Waals surface area contributed by atoms with Crippen LogP contribution in [-0.4, -0.2) is 48.8 Å². The fourth-order valence-electron chi connectivity index (χ4n) is 2.16. The molecule has 20 heavy (non-hydrogen) atoms. The second-order valence-corrected chi connectivity index (χ2v) is 4.89. The van der Waals surface area contributed by atoms with Crippen LogP contribution in [-0.2, 0) is 22.7 Å². The van der Waals surface area contributed by atoms with Crippen LogP contribution in [0.5, 0.6) is 0 Å². The van der Waals surface area contributed by atoms with Gasteiger partial charge in [0, 0.05) is 32.6 Å². The van der Waals surface area contributed by atoms with Crippen molar-refractivity contribution in [3.05, 3.63) is 35.4 Å². The number of aliphatic hydroxyl groups is 1. The van der Waals surface area contributed by atoms with Gasteiger partial charge in [0.25, 0.3) is 0 Å². The van der Waals surface area contributed by atoms with Gasteiger partial charge in [-0.2, -0.15) is 0 Å². The van der Waals surface area contributed by atoms with Crippen molar-refractivity contribution in [2.75, 3.05) is 32.8 Å². The quantitative estimate of drug-likeness (QED) is 0.745. The van der Waals surface area contributed by atoms with E-state index in [2.05, 4.69) is 5.32 Å². The molecular formula is C15H22N2O3. The van der Waals surface area contributed by atoms with Gasteiger partial charge in [-0.1, -0.05) is 24.3 Å². The molecule has 5 heteroatoms. The molecule has 0 aromatic heterocycles. The Morgan fingerprint density at radius 1 is 1.20 bits per heavy atom. The SMILES string of the molecule is O=C(CCNCc1ccc(CO)cc1)N1CCOCC1. The highest BCUT2D eigenvalue weighted by atomic mass is 16.5. The van der Waals surface area contributed by atoms with Crippen LogP contribution < -0.4 is 5.32 Å². The lowest BCUT2D eigenvalue weighted by Crippen LogP contribution is -2.41. The van der Waals surface area contributed by atoms with Crippen LogP contribution in [0.4, 0.5) is 0 Å². The zero-order chi connectivity index (χ0) is 14.2. The summed E-state index contributed by atoms with van der Waals surface area (Å²) < 4.78 is 5.22. The summed E-state index contributed by atoms with van der Waals surface area (Å²) in [4.78, 5) is 13.8. The number of benzene rings is 1. The van der Waals surface area contributed by atoms with E-state index in [0.29, 0.717) is 39.3 Å². The summed E-state index contributed by atoms with van der Waals surface area (Å²) in [7, 11) is 0. The Morgan fingerprint density at radius 3 is 2.50 bits per heavy atom. The molecular weight excluding hydrogens is 256 g/mol. The van der Waals surface area contributed by atoms with Crippen LogP contribution in [0.3, 0.4) is 0 Å². The number of morpholine rings is 1. The first-order valence-corrected chi connectivity index (χ1v) is 7.04. The summed E-state index contributed by atoms with van der Waals surface area (Å²) in [6.07, 6.45) is 0.523. The monoisotopic (exact) mass is 278 g/mol. The smallest absolute Gasteiger partial charge is 0.224 e. The Hall–Kier alpha value is -1.43. The number of amides is 1. The molecule has 0 bridgehead atoms. The van der Waals surface area contributed by atoms with Crippen molar-refractivity contribution < 1.29 is 14.6 Å². The number of carbonyl (C=O) groups is 1. The molecule has 0 saturated carbocycles. The van der Waals surface area contributed by atoms with Crippen molar-refractivity contribution in [3.8, 4) is 0 Å². The highest BCUT2D eigenvalue weighted by Gasteiger charge is 2.15. The Morgan fingerprint density at radius 2 is 1.85 bits per heavy atom. The third-order valence-electron chi connectivity index (χ3n) is 3.41. The number of nitrogens with zero attached hydrogens (tertiary/aromatic N) is 1. The molecule has 5 nitrogen and oxygen atoms in total. The maximum atomic E-state index is 11.9. The fraction of sp³-hybridized carbons (Fsp3) is 0.533. The zero-order valence-corrected chi connectivity index (χ0v) is 11.7. The van der Waals surface area contributed by atoms with E-state index >= 15 is 0 Å². The van der Waals surface area contributed by atoms with Crippen molar-refractivity contribution in [2.24, 2.45) is 0 Å². The Balaban J connectivity index is 1.64. The first kappa shape index (κ1) is 15.0. The van der Waals surface area contributed by atoms with E-state index in [9.17, 15) is 4.79 Å². The van der Waals surface area contributed by atoms with Crippen molar-refractivity contribution in [1.29, 1.82) is 0 Å². The van der Waals surface area contributed by atoms with Gasteiger partial charge in [0.15, 0.2) is 0 Å². The van der Waals surface area contributed by atoms with Crippen LogP contribution in [0.15, 0.2) is 24.3 Å². The van der Waals surface area contributed by atoms with Gasteiger partial charge in [0.05, 0.1) is 19.8 Å². The van der Waals surface area contributed by atoms with Gasteiger partial charge < -0.3 is 20.1 Å². The van der Waals surface area contributed by atoms with E-state index in [1.165, 1.54) is 0 Å². The highest BCUT2D eigenvalue weighted by molar-refractivity contribution is 5.76. The van der Waals surface area contributed by atoms with E-state index in [4.69, 9.17) is 9.84 Å². The van der Waals surface area contributed by atoms with Crippen LogP contribution in [0.2, 0.25) is 0 Å². The third kappa shape index (κ3) is 4.59. The third-order valence-corrected chi connectivity index (χ3v) is 3.41. The average Bonchev–Trinajstić information content (AvgIpc) is 2.53. The van der Waals surface area contributed by atoms with Crippen LogP contribution in [0, 0.1) is 0 Å². The van der Waals surface area contributed by atoms with Gasteiger partial charge in [0.1, 0.15) is 0 Å². The molecule has 0 radical (unpaired) electrons. The molecule has 0 unspecified atom stereocenters. The van der Waals surface area contributed by atoms with Gasteiger partial charge in [0.2, 0.25) is 5.91 Å². The highest BCUT2D eigenvalue weighted by Crippen LogP contribution is 2.04. The molecule has 110 valence electrons. The van der Waals surface area contributed by atoms with Crippen molar-refractivity contribution >= 4 is 5.91 Å². The molecule has 1 aliphatic heterocycles. The van der Waals surface area contributed by atoms with Crippen LogP contribution in [0.1, 0.15) is 17.5 Å². The van der Waals surface area contributed by atoms with Gasteiger partial charge >= 0.3 is 0 Å². The molecule has 2 N–H and O–H groups in total. The Kier molecular flexibility index (Phi) is 5.98. The lowest BCUT2D eigenvalue weighted by atomic mass is 10.1. The topological polar surface area (TPSA) is 61.8 Å². The molecule has 0 atom stereocenters. The number of hydrogen-bond acceptors (Lipinski definition) is 4. The van der Waals surface area contributed by atoms with Crippen molar-refractivity contribution in [2.45, 2.75) is 19.6 Å². The molecule has 1 aromatic rings. The number of hydrogen-bond donors (Lipinski definition) is 2. The van der Waals surface area contributed by atoms with Crippen LogP contribution >= 0.6 is 0 Å². The Bertz CT molecular complexity index is 414. The molecule has 1 amide bonds. The molecule has 0 spiro atoms. The van der Waals surface area contributed by atoms with E-state index in [0.717, 1.165) is 17.7 Å². The van der Waals surface area contributed by atoms with Gasteiger partial charge in [-0.15, -0.1) is 0 Å². The molecule has 1 fully saturated rings. The minimum absolute atomic E-state index is 0.0712. The van der Waals surface area contributed by atoms with E-state index in [1.54, 1.807) is 0 Å².